The monoisotopic (exact) mass is 494 g/mol. The van der Waals surface area contributed by atoms with E-state index < -0.39 is 6.04 Å². The lowest BCUT2D eigenvalue weighted by Crippen LogP contribution is -2.36. The third-order valence-corrected chi connectivity index (χ3v) is 7.24. The molecule has 9 heteroatoms. The minimum absolute atomic E-state index is 0.0698. The zero-order valence-corrected chi connectivity index (χ0v) is 20.9. The van der Waals surface area contributed by atoms with Gasteiger partial charge in [0.05, 0.1) is 14.2 Å². The van der Waals surface area contributed by atoms with E-state index >= 15 is 0 Å². The maximum atomic E-state index is 14.1. The van der Waals surface area contributed by atoms with Gasteiger partial charge in [0.25, 0.3) is 0 Å². The average molecular weight is 495 g/mol. The fourth-order valence-corrected chi connectivity index (χ4v) is 5.64. The van der Waals surface area contributed by atoms with Crippen LogP contribution in [0.25, 0.3) is 0 Å². The second-order valence-electron chi connectivity index (χ2n) is 9.49. The van der Waals surface area contributed by atoms with Crippen LogP contribution in [0.3, 0.4) is 0 Å². The first-order chi connectivity index (χ1) is 16.8. The number of ketones is 1. The topological polar surface area (TPSA) is 78.3 Å². The summed E-state index contributed by atoms with van der Waals surface area (Å²) in [6.45, 7) is 4.18. The summed E-state index contributed by atoms with van der Waals surface area (Å²) in [7, 11) is 3.17. The maximum absolute atomic E-state index is 14.1. The highest BCUT2D eigenvalue weighted by molar-refractivity contribution is 7.98. The lowest BCUT2D eigenvalue weighted by atomic mass is 9.73. The fraction of sp³-hybridized carbons (Fsp3) is 0.346. The van der Waals surface area contributed by atoms with E-state index in [2.05, 4.69) is 19.2 Å². The van der Waals surface area contributed by atoms with Crippen LogP contribution in [-0.4, -0.2) is 34.8 Å². The third-order valence-electron chi connectivity index (χ3n) is 6.36. The molecular formula is C26H27FN4O3S. The van der Waals surface area contributed by atoms with Gasteiger partial charge < -0.3 is 14.8 Å². The van der Waals surface area contributed by atoms with Crippen molar-refractivity contribution in [2.24, 2.45) is 5.41 Å². The van der Waals surface area contributed by atoms with Crippen molar-refractivity contribution >= 4 is 23.5 Å². The van der Waals surface area contributed by atoms with Crippen LogP contribution >= 0.6 is 11.8 Å². The zero-order valence-electron chi connectivity index (χ0n) is 20.1. The van der Waals surface area contributed by atoms with Crippen molar-refractivity contribution < 1.29 is 18.7 Å². The van der Waals surface area contributed by atoms with Gasteiger partial charge in [-0.2, -0.15) is 4.98 Å². The number of thioether (sulfide) groups is 1. The highest BCUT2D eigenvalue weighted by atomic mass is 32.2. The maximum Gasteiger partial charge on any atom is 0.227 e. The molecule has 1 aliphatic heterocycles. The number of nitrogens with zero attached hydrogens (tertiary/aromatic N) is 3. The Morgan fingerprint density at radius 1 is 1.14 bits per heavy atom. The molecule has 35 heavy (non-hydrogen) atoms. The van der Waals surface area contributed by atoms with Crippen LogP contribution in [0, 0.1) is 11.2 Å². The Morgan fingerprint density at radius 3 is 2.69 bits per heavy atom. The van der Waals surface area contributed by atoms with Crippen molar-refractivity contribution in [1.82, 2.24) is 14.8 Å². The van der Waals surface area contributed by atoms with Gasteiger partial charge in [-0.25, -0.2) is 9.07 Å². The first-order valence-corrected chi connectivity index (χ1v) is 12.4. The Morgan fingerprint density at radius 2 is 1.94 bits per heavy atom. The standard InChI is InChI=1S/C26H27FN4O3S/c1-26(2)12-18-21(19(32)13-26)22(16-9-7-11-20(33-3)23(16)34-4)31-24(28-18)29-25(30-31)35-14-15-8-5-6-10-17(15)27/h5-11,22H,12-14H2,1-4H3,(H,28,29,30). The Balaban J connectivity index is 1.60. The predicted molar refractivity (Wildman–Crippen MR) is 132 cm³/mol. The van der Waals surface area contributed by atoms with Gasteiger partial charge in [-0.3, -0.25) is 4.79 Å². The first kappa shape index (κ1) is 23.4. The molecule has 0 spiro atoms. The van der Waals surface area contributed by atoms with Crippen LogP contribution in [-0.2, 0) is 10.5 Å². The van der Waals surface area contributed by atoms with Gasteiger partial charge in [-0.1, -0.05) is 55.9 Å². The van der Waals surface area contributed by atoms with Crippen LogP contribution in [0.2, 0.25) is 0 Å². The number of halogens is 1. The van der Waals surface area contributed by atoms with Gasteiger partial charge in [0.2, 0.25) is 11.1 Å². The van der Waals surface area contributed by atoms with Crippen LogP contribution in [0.1, 0.15) is 43.9 Å². The molecule has 2 aromatic carbocycles. The summed E-state index contributed by atoms with van der Waals surface area (Å²) < 4.78 is 27.1. The van der Waals surface area contributed by atoms with Crippen molar-refractivity contribution in [1.29, 1.82) is 0 Å². The Kier molecular flexibility index (Phi) is 6.04. The van der Waals surface area contributed by atoms with Crippen LogP contribution < -0.4 is 14.8 Å². The Bertz CT molecular complexity index is 1330. The Hall–Kier alpha value is -3.33. The van der Waals surface area contributed by atoms with Crippen LogP contribution in [0.15, 0.2) is 58.9 Å². The molecule has 2 heterocycles. The van der Waals surface area contributed by atoms with E-state index in [1.807, 2.05) is 24.3 Å². The number of carbonyl (C=O) groups is 1. The van der Waals surface area contributed by atoms with Gasteiger partial charge in [0, 0.05) is 29.0 Å². The number of benzene rings is 2. The number of carbonyl (C=O) groups excluding carboxylic acids is 1. The van der Waals surface area contributed by atoms with Crippen molar-refractivity contribution in [2.45, 2.75) is 43.6 Å². The van der Waals surface area contributed by atoms with E-state index in [9.17, 15) is 9.18 Å². The van der Waals surface area contributed by atoms with E-state index in [1.165, 1.54) is 17.8 Å². The molecule has 5 rings (SSSR count). The molecule has 2 aliphatic rings. The van der Waals surface area contributed by atoms with Gasteiger partial charge in [0.1, 0.15) is 11.9 Å². The van der Waals surface area contributed by atoms with Crippen LogP contribution in [0.4, 0.5) is 10.3 Å². The number of hydrogen-bond acceptors (Lipinski definition) is 7. The lowest BCUT2D eigenvalue weighted by molar-refractivity contribution is -0.118. The molecule has 0 fully saturated rings. The molecule has 1 N–H and O–H groups in total. The van der Waals surface area contributed by atoms with Crippen molar-refractivity contribution in [2.75, 3.05) is 19.5 Å². The number of rotatable bonds is 6. The molecule has 0 bridgehead atoms. The van der Waals surface area contributed by atoms with Gasteiger partial charge >= 0.3 is 0 Å². The van der Waals surface area contributed by atoms with Gasteiger partial charge in [-0.05, 0) is 29.5 Å². The molecule has 1 aromatic heterocycles. The van der Waals surface area contributed by atoms with Crippen molar-refractivity contribution in [3.8, 4) is 11.5 Å². The summed E-state index contributed by atoms with van der Waals surface area (Å²) in [6, 6.07) is 11.8. The van der Waals surface area contributed by atoms with E-state index in [4.69, 9.17) is 19.6 Å². The highest BCUT2D eigenvalue weighted by Crippen LogP contribution is 2.48. The summed E-state index contributed by atoms with van der Waals surface area (Å²) in [5.41, 5.74) is 2.70. The fourth-order valence-electron chi connectivity index (χ4n) is 4.82. The summed E-state index contributed by atoms with van der Waals surface area (Å²) >= 11 is 1.35. The number of aromatic nitrogens is 3. The van der Waals surface area contributed by atoms with E-state index in [0.717, 1.165) is 11.3 Å². The number of hydrogen-bond donors (Lipinski definition) is 1. The second-order valence-corrected chi connectivity index (χ2v) is 10.4. The molecule has 0 amide bonds. The number of nitrogens with one attached hydrogen (secondary N) is 1. The summed E-state index contributed by atoms with van der Waals surface area (Å²) in [5, 5.41) is 8.61. The number of anilines is 1. The van der Waals surface area contributed by atoms with Crippen molar-refractivity contribution in [3.63, 3.8) is 0 Å². The minimum Gasteiger partial charge on any atom is -0.493 e. The normalized spacial score (nSPS) is 18.5. The molecule has 1 aliphatic carbocycles. The number of Topliss-reactive ketones (excluding diaryl/α,β-unsaturated/α-hetero) is 1. The molecule has 0 radical (unpaired) electrons. The van der Waals surface area contributed by atoms with Gasteiger partial charge in [0.15, 0.2) is 17.3 Å². The quantitative estimate of drug-likeness (QED) is 0.461. The lowest BCUT2D eigenvalue weighted by Gasteiger charge is -2.38. The summed E-state index contributed by atoms with van der Waals surface area (Å²) in [4.78, 5) is 18.2. The number of ether oxygens (including phenoxy) is 2. The second kappa shape index (κ2) is 9.03. The molecule has 1 unspecified atom stereocenters. The van der Waals surface area contributed by atoms with Crippen LogP contribution in [0.5, 0.6) is 11.5 Å². The average Bonchev–Trinajstić information content (AvgIpc) is 3.23. The molecule has 1 atom stereocenters. The van der Waals surface area contributed by atoms with E-state index in [0.29, 0.717) is 52.3 Å². The number of para-hydroxylation sites is 1. The van der Waals surface area contributed by atoms with E-state index in [-0.39, 0.29) is 17.0 Å². The molecule has 0 saturated carbocycles. The predicted octanol–water partition coefficient (Wildman–Crippen LogP) is 5.38. The number of methoxy groups -OCH3 is 2. The van der Waals surface area contributed by atoms with E-state index in [1.54, 1.807) is 31.0 Å². The molecular weight excluding hydrogens is 467 g/mol. The smallest absolute Gasteiger partial charge is 0.227 e. The summed E-state index contributed by atoms with van der Waals surface area (Å²) in [5.74, 6) is 1.87. The zero-order chi connectivity index (χ0) is 24.7. The molecule has 0 saturated heterocycles. The first-order valence-electron chi connectivity index (χ1n) is 11.4. The third kappa shape index (κ3) is 4.29. The minimum atomic E-state index is -0.523. The number of fused-ring (bicyclic) bond motifs is 1. The molecule has 182 valence electrons. The highest BCUT2D eigenvalue weighted by Gasteiger charge is 2.43. The Labute approximate surface area is 207 Å². The SMILES string of the molecule is COc1cccc(C2C3=C(CC(C)(C)CC3=O)Nc3nc(SCc4ccccc4F)nn32)c1OC. The van der Waals surface area contributed by atoms with Crippen molar-refractivity contribution in [3.05, 3.63) is 70.7 Å². The largest absolute Gasteiger partial charge is 0.493 e. The molecule has 3 aromatic rings. The van der Waals surface area contributed by atoms with Gasteiger partial charge in [-0.15, -0.1) is 5.10 Å². The number of allylic oxidation sites excluding steroid dienone is 2. The molecule has 7 nitrogen and oxygen atoms in total. The summed E-state index contributed by atoms with van der Waals surface area (Å²) in [6.07, 6.45) is 1.15.